The number of unbranched alkanes of at least 4 members (excludes halogenated alkanes) is 1. The van der Waals surface area contributed by atoms with E-state index in [4.69, 9.17) is 5.11 Å². The van der Waals surface area contributed by atoms with E-state index in [1.165, 1.54) is 0 Å². The number of aldehydes is 1. The summed E-state index contributed by atoms with van der Waals surface area (Å²) in [4.78, 5) is 10.8. The predicted molar refractivity (Wildman–Crippen MR) is 60.9 cm³/mol. The first-order chi connectivity index (χ1) is 7.26. The van der Waals surface area contributed by atoms with Crippen LogP contribution in [0.5, 0.6) is 5.75 Å². The van der Waals surface area contributed by atoms with E-state index in [1.54, 1.807) is 12.1 Å². The van der Waals surface area contributed by atoms with Crippen LogP contribution in [0.3, 0.4) is 0 Å². The fourth-order valence-electron chi connectivity index (χ4n) is 1.62. The van der Waals surface area contributed by atoms with Gasteiger partial charge >= 0.3 is 0 Å². The van der Waals surface area contributed by atoms with Crippen molar-refractivity contribution in [2.75, 3.05) is 0 Å². The van der Waals surface area contributed by atoms with Gasteiger partial charge in [0.15, 0.2) is 0 Å². The summed E-state index contributed by atoms with van der Waals surface area (Å²) in [7, 11) is 0. The van der Waals surface area contributed by atoms with E-state index < -0.39 is 0 Å². The second-order valence-corrected chi connectivity index (χ2v) is 3.91. The topological polar surface area (TPSA) is 37.3 Å². The van der Waals surface area contributed by atoms with Crippen molar-refractivity contribution in [3.05, 3.63) is 29.8 Å². The largest absolute Gasteiger partial charge is 0.508 e. The van der Waals surface area contributed by atoms with Crippen LogP contribution in [0.4, 0.5) is 0 Å². The molecule has 0 spiro atoms. The van der Waals surface area contributed by atoms with Gasteiger partial charge in [-0.1, -0.05) is 31.9 Å². The van der Waals surface area contributed by atoms with Gasteiger partial charge in [-0.05, 0) is 30.5 Å². The second kappa shape index (κ2) is 6.23. The van der Waals surface area contributed by atoms with Crippen LogP contribution in [-0.2, 0) is 11.2 Å². The zero-order valence-corrected chi connectivity index (χ0v) is 9.15. The number of hydrogen-bond acceptors (Lipinski definition) is 2. The van der Waals surface area contributed by atoms with Crippen molar-refractivity contribution in [2.24, 2.45) is 5.92 Å². The smallest absolute Gasteiger partial charge is 0.123 e. The molecule has 2 nitrogen and oxygen atoms in total. The zero-order valence-electron chi connectivity index (χ0n) is 9.15. The summed E-state index contributed by atoms with van der Waals surface area (Å²) in [6.45, 7) is 2.13. The minimum absolute atomic E-state index is 0.120. The Hall–Kier alpha value is -1.31. The number of benzene rings is 1. The number of hydrogen-bond donors (Lipinski definition) is 1. The summed E-state index contributed by atoms with van der Waals surface area (Å²) < 4.78 is 0. The van der Waals surface area contributed by atoms with Crippen LogP contribution < -0.4 is 0 Å². The van der Waals surface area contributed by atoms with Gasteiger partial charge in [0.05, 0.1) is 0 Å². The first kappa shape index (κ1) is 11.8. The van der Waals surface area contributed by atoms with Gasteiger partial charge in [0.1, 0.15) is 12.0 Å². The molecule has 0 fully saturated rings. The number of carbonyl (C=O) groups is 1. The van der Waals surface area contributed by atoms with E-state index in [0.29, 0.717) is 0 Å². The SMILES string of the molecule is CCCCC(C=O)Cc1ccc(O)cc1. The van der Waals surface area contributed by atoms with Gasteiger partial charge in [-0.2, -0.15) is 0 Å². The van der Waals surface area contributed by atoms with E-state index in [1.807, 2.05) is 12.1 Å². The van der Waals surface area contributed by atoms with Crippen LogP contribution in [0.2, 0.25) is 0 Å². The number of aromatic hydroxyl groups is 1. The Kier molecular flexibility index (Phi) is 4.88. The van der Waals surface area contributed by atoms with Crippen LogP contribution >= 0.6 is 0 Å². The summed E-state index contributed by atoms with van der Waals surface area (Å²) in [5, 5.41) is 9.12. The van der Waals surface area contributed by atoms with Gasteiger partial charge in [-0.3, -0.25) is 0 Å². The maximum Gasteiger partial charge on any atom is 0.123 e. The highest BCUT2D eigenvalue weighted by Gasteiger charge is 2.07. The molecule has 1 unspecified atom stereocenters. The van der Waals surface area contributed by atoms with Gasteiger partial charge in [0.25, 0.3) is 0 Å². The highest BCUT2D eigenvalue weighted by atomic mass is 16.3. The number of carbonyl (C=O) groups excluding carboxylic acids is 1. The summed E-state index contributed by atoms with van der Waals surface area (Å²) in [5.74, 6) is 0.393. The van der Waals surface area contributed by atoms with E-state index in [0.717, 1.165) is 37.5 Å². The third kappa shape index (κ3) is 4.15. The molecule has 0 aromatic heterocycles. The molecule has 82 valence electrons. The molecule has 1 rings (SSSR count). The molecule has 0 bridgehead atoms. The Morgan fingerprint density at radius 2 is 2.00 bits per heavy atom. The van der Waals surface area contributed by atoms with E-state index in [2.05, 4.69) is 6.92 Å². The normalized spacial score (nSPS) is 12.3. The zero-order chi connectivity index (χ0) is 11.1. The summed E-state index contributed by atoms with van der Waals surface area (Å²) >= 11 is 0. The lowest BCUT2D eigenvalue weighted by atomic mass is 9.95. The molecule has 1 aromatic rings. The Morgan fingerprint density at radius 1 is 1.33 bits per heavy atom. The average molecular weight is 206 g/mol. The van der Waals surface area contributed by atoms with Crippen molar-refractivity contribution in [1.82, 2.24) is 0 Å². The van der Waals surface area contributed by atoms with Crippen LogP contribution in [0, 0.1) is 5.92 Å². The van der Waals surface area contributed by atoms with Crippen LogP contribution in [0.25, 0.3) is 0 Å². The molecule has 0 aliphatic heterocycles. The van der Waals surface area contributed by atoms with E-state index in [-0.39, 0.29) is 11.7 Å². The van der Waals surface area contributed by atoms with Crippen molar-refractivity contribution >= 4 is 6.29 Å². The van der Waals surface area contributed by atoms with Crippen molar-refractivity contribution in [2.45, 2.75) is 32.6 Å². The standard InChI is InChI=1S/C13H18O2/c1-2-3-4-12(10-14)9-11-5-7-13(15)8-6-11/h5-8,10,12,15H,2-4,9H2,1H3. The molecule has 15 heavy (non-hydrogen) atoms. The third-order valence-electron chi connectivity index (χ3n) is 2.56. The molecule has 0 saturated heterocycles. The molecule has 0 amide bonds. The maximum atomic E-state index is 10.8. The summed E-state index contributed by atoms with van der Waals surface area (Å²) in [6, 6.07) is 7.07. The van der Waals surface area contributed by atoms with Gasteiger partial charge in [-0.15, -0.1) is 0 Å². The monoisotopic (exact) mass is 206 g/mol. The highest BCUT2D eigenvalue weighted by molar-refractivity contribution is 5.54. The Bertz CT molecular complexity index is 290. The third-order valence-corrected chi connectivity index (χ3v) is 2.56. The summed E-state index contributed by atoms with van der Waals surface area (Å²) in [6.07, 6.45) is 5.01. The van der Waals surface area contributed by atoms with E-state index in [9.17, 15) is 4.79 Å². The lowest BCUT2D eigenvalue weighted by molar-refractivity contribution is -0.111. The average Bonchev–Trinajstić information content (AvgIpc) is 2.27. The van der Waals surface area contributed by atoms with Gasteiger partial charge < -0.3 is 9.90 Å². The molecule has 0 aliphatic carbocycles. The molecular weight excluding hydrogens is 188 g/mol. The molecule has 1 atom stereocenters. The van der Waals surface area contributed by atoms with Gasteiger partial charge in [0, 0.05) is 5.92 Å². The molecular formula is C13H18O2. The van der Waals surface area contributed by atoms with Crippen LogP contribution in [0.1, 0.15) is 31.7 Å². The van der Waals surface area contributed by atoms with Crippen molar-refractivity contribution < 1.29 is 9.90 Å². The maximum absolute atomic E-state index is 10.8. The predicted octanol–water partition coefficient (Wildman–Crippen LogP) is 2.94. The lowest BCUT2D eigenvalue weighted by Crippen LogP contribution is -2.05. The fourth-order valence-corrected chi connectivity index (χ4v) is 1.62. The number of rotatable bonds is 6. The Labute approximate surface area is 90.9 Å². The molecule has 0 saturated carbocycles. The molecule has 0 heterocycles. The molecule has 1 aromatic carbocycles. The van der Waals surface area contributed by atoms with Gasteiger partial charge in [0.2, 0.25) is 0 Å². The highest BCUT2D eigenvalue weighted by Crippen LogP contribution is 2.16. The van der Waals surface area contributed by atoms with Crippen LogP contribution in [0.15, 0.2) is 24.3 Å². The lowest BCUT2D eigenvalue weighted by Gasteiger charge is -2.09. The van der Waals surface area contributed by atoms with E-state index >= 15 is 0 Å². The quantitative estimate of drug-likeness (QED) is 0.726. The van der Waals surface area contributed by atoms with Crippen LogP contribution in [-0.4, -0.2) is 11.4 Å². The summed E-state index contributed by atoms with van der Waals surface area (Å²) in [5.41, 5.74) is 1.11. The fraction of sp³-hybridized carbons (Fsp3) is 0.462. The first-order valence-corrected chi connectivity index (χ1v) is 5.49. The van der Waals surface area contributed by atoms with Crippen molar-refractivity contribution in [1.29, 1.82) is 0 Å². The van der Waals surface area contributed by atoms with Gasteiger partial charge in [-0.25, -0.2) is 0 Å². The number of phenolic OH excluding ortho intramolecular Hbond substituents is 1. The minimum Gasteiger partial charge on any atom is -0.508 e. The minimum atomic E-state index is 0.120. The Balaban J connectivity index is 2.50. The van der Waals surface area contributed by atoms with Crippen molar-refractivity contribution in [3.8, 4) is 5.75 Å². The molecule has 0 aliphatic rings. The molecule has 2 heteroatoms. The first-order valence-electron chi connectivity index (χ1n) is 5.49. The Morgan fingerprint density at radius 3 is 2.53 bits per heavy atom. The second-order valence-electron chi connectivity index (χ2n) is 3.91. The molecule has 1 N–H and O–H groups in total. The molecule has 0 radical (unpaired) electrons. The van der Waals surface area contributed by atoms with Crippen molar-refractivity contribution in [3.63, 3.8) is 0 Å². The number of phenols is 1.